The summed E-state index contributed by atoms with van der Waals surface area (Å²) in [4.78, 5) is 13.1. The van der Waals surface area contributed by atoms with Gasteiger partial charge in [0, 0.05) is 17.7 Å². The number of rotatable bonds is 7. The molecule has 45 heavy (non-hydrogen) atoms. The summed E-state index contributed by atoms with van der Waals surface area (Å²) in [5.41, 5.74) is 1.36. The molecular formula is C32H28O12S. The fourth-order valence-corrected chi connectivity index (χ4v) is 6.11. The predicted molar refractivity (Wildman–Crippen MR) is 157 cm³/mol. The van der Waals surface area contributed by atoms with Crippen molar-refractivity contribution in [3.8, 4) is 40.2 Å². The lowest BCUT2D eigenvalue weighted by Gasteiger charge is -2.35. The van der Waals surface area contributed by atoms with Crippen molar-refractivity contribution >= 4 is 15.9 Å². The number of hydrogen-bond acceptors (Lipinski definition) is 12. The molecule has 6 rings (SSSR count). The van der Waals surface area contributed by atoms with Gasteiger partial charge >= 0.3 is 10.1 Å². The van der Waals surface area contributed by atoms with Gasteiger partial charge < -0.3 is 43.6 Å². The first-order chi connectivity index (χ1) is 21.5. The van der Waals surface area contributed by atoms with Crippen LogP contribution >= 0.6 is 0 Å². The Morgan fingerprint density at radius 2 is 1.49 bits per heavy atom. The highest BCUT2D eigenvalue weighted by Crippen LogP contribution is 2.46. The van der Waals surface area contributed by atoms with Crippen molar-refractivity contribution in [1.82, 2.24) is 0 Å². The molecule has 2 aliphatic rings. The molecule has 234 valence electrons. The average Bonchev–Trinajstić information content (AvgIpc) is 3.02. The van der Waals surface area contributed by atoms with Crippen LogP contribution < -0.4 is 23.1 Å². The first-order valence-electron chi connectivity index (χ1n) is 13.7. The zero-order chi connectivity index (χ0) is 32.0. The number of benzene rings is 4. The number of carbonyl (C=O) groups excluding carboxylic acids is 1. The number of aliphatic hydroxyl groups is 2. The largest absolute Gasteiger partial charge is 0.507 e. The normalized spacial score (nSPS) is 20.6. The molecular weight excluding hydrogens is 608 g/mol. The van der Waals surface area contributed by atoms with E-state index in [4.69, 9.17) is 23.1 Å². The molecule has 0 spiro atoms. The molecule has 0 bridgehead atoms. The minimum atomic E-state index is -4.29. The maximum absolute atomic E-state index is 13.2. The lowest BCUT2D eigenvalue weighted by atomic mass is 9.92. The summed E-state index contributed by atoms with van der Waals surface area (Å²) in [6.45, 7) is 1.41. The van der Waals surface area contributed by atoms with E-state index < -0.39 is 52.7 Å². The second kappa shape index (κ2) is 11.5. The van der Waals surface area contributed by atoms with Crippen LogP contribution in [0.15, 0.2) is 77.7 Å². The van der Waals surface area contributed by atoms with Crippen molar-refractivity contribution < 1.29 is 56.8 Å². The monoisotopic (exact) mass is 636 g/mol. The molecule has 4 aromatic carbocycles. The summed E-state index contributed by atoms with van der Waals surface area (Å²) in [5.74, 6) is -1.38. The SMILES string of the molecule is COc1cc([C@H]2Oc3cc([C@H]4Oc5cc(OS(=O)(=O)c6ccc(C)cc6)cc(O)c5C(=O)[C@@H]4O)ccc3O[C@@H]2CO)ccc1O. The topological polar surface area (TPSA) is 178 Å². The van der Waals surface area contributed by atoms with Crippen LogP contribution in [0.5, 0.6) is 40.2 Å². The Labute approximate surface area is 257 Å². The van der Waals surface area contributed by atoms with Crippen molar-refractivity contribution in [2.45, 2.75) is 36.2 Å². The Hall–Kier alpha value is -4.98. The molecule has 2 aliphatic heterocycles. The van der Waals surface area contributed by atoms with Gasteiger partial charge in [0.05, 0.1) is 13.7 Å². The molecule has 0 amide bonds. The first kappa shape index (κ1) is 30.1. The van der Waals surface area contributed by atoms with E-state index in [1.54, 1.807) is 31.2 Å². The molecule has 4 N–H and O–H groups in total. The van der Waals surface area contributed by atoms with Crippen molar-refractivity contribution in [3.05, 3.63) is 95.1 Å². The van der Waals surface area contributed by atoms with E-state index in [9.17, 15) is 33.6 Å². The molecule has 13 heteroatoms. The van der Waals surface area contributed by atoms with Gasteiger partial charge in [0.15, 0.2) is 47.4 Å². The molecule has 0 saturated heterocycles. The Balaban J connectivity index is 1.30. The molecule has 2 heterocycles. The van der Waals surface area contributed by atoms with Crippen molar-refractivity contribution in [2.24, 2.45) is 0 Å². The van der Waals surface area contributed by atoms with E-state index in [0.717, 1.165) is 17.7 Å². The van der Waals surface area contributed by atoms with E-state index >= 15 is 0 Å². The molecule has 0 aromatic heterocycles. The van der Waals surface area contributed by atoms with Gasteiger partial charge in [-0.25, -0.2) is 0 Å². The first-order valence-corrected chi connectivity index (χ1v) is 15.1. The number of Topliss-reactive ketones (excluding diaryl/α,β-unsaturated/α-hetero) is 1. The van der Waals surface area contributed by atoms with Gasteiger partial charge in [0.1, 0.15) is 27.7 Å². The number of phenols is 2. The molecule has 4 atom stereocenters. The third-order valence-electron chi connectivity index (χ3n) is 7.50. The van der Waals surface area contributed by atoms with Gasteiger partial charge in [-0.15, -0.1) is 0 Å². The summed E-state index contributed by atoms with van der Waals surface area (Å²) < 4.78 is 54.2. The van der Waals surface area contributed by atoms with Crippen LogP contribution in [0.4, 0.5) is 0 Å². The highest BCUT2D eigenvalue weighted by atomic mass is 32.2. The summed E-state index contributed by atoms with van der Waals surface area (Å²) in [6, 6.07) is 17.2. The summed E-state index contributed by atoms with van der Waals surface area (Å²) in [6.07, 6.45) is -4.65. The Morgan fingerprint density at radius 1 is 0.800 bits per heavy atom. The smallest absolute Gasteiger partial charge is 0.339 e. The van der Waals surface area contributed by atoms with Gasteiger partial charge in [-0.05, 0) is 48.9 Å². The van der Waals surface area contributed by atoms with Crippen LogP contribution in [0.25, 0.3) is 0 Å². The van der Waals surface area contributed by atoms with Crippen LogP contribution in [0, 0.1) is 6.92 Å². The standard InChI is InChI=1S/C32H28O12S/c1-16-3-7-20(8-4-16)45(38,39)44-19-13-22(35)28-26(14-19)43-32(30(37)29(28)36)18-6-10-23-25(12-18)42-31(27(15-33)41-23)17-5-9-21(34)24(11-17)40-2/h3-14,27,30-35,37H,15H2,1-2H3/t27-,30+,31-,32-/m1/s1. The van der Waals surface area contributed by atoms with Crippen molar-refractivity contribution in [3.63, 3.8) is 0 Å². The summed E-state index contributed by atoms with van der Waals surface area (Å²) in [7, 11) is -2.89. The fourth-order valence-electron chi connectivity index (χ4n) is 5.20. The average molecular weight is 637 g/mol. The van der Waals surface area contributed by atoms with E-state index in [0.29, 0.717) is 11.1 Å². The number of fused-ring (bicyclic) bond motifs is 2. The molecule has 12 nitrogen and oxygen atoms in total. The Kier molecular flexibility index (Phi) is 7.69. The predicted octanol–water partition coefficient (Wildman–Crippen LogP) is 3.73. The Morgan fingerprint density at radius 3 is 2.20 bits per heavy atom. The number of methoxy groups -OCH3 is 1. The van der Waals surface area contributed by atoms with Gasteiger partial charge in [-0.3, -0.25) is 4.79 Å². The zero-order valence-electron chi connectivity index (χ0n) is 23.9. The molecule has 4 aromatic rings. The second-order valence-electron chi connectivity index (χ2n) is 10.5. The molecule has 0 unspecified atom stereocenters. The van der Waals surface area contributed by atoms with Crippen molar-refractivity contribution in [1.29, 1.82) is 0 Å². The Bertz CT molecular complexity index is 1890. The van der Waals surface area contributed by atoms with Crippen molar-refractivity contribution in [2.75, 3.05) is 13.7 Å². The highest BCUT2D eigenvalue weighted by Gasteiger charge is 2.41. The minimum absolute atomic E-state index is 0.0815. The second-order valence-corrected chi connectivity index (χ2v) is 12.1. The number of aliphatic hydroxyl groups excluding tert-OH is 2. The molecule has 0 aliphatic carbocycles. The van der Waals surface area contributed by atoms with Crippen LogP contribution in [0.2, 0.25) is 0 Å². The van der Waals surface area contributed by atoms with Crippen LogP contribution in [-0.2, 0) is 10.1 Å². The third kappa shape index (κ3) is 5.57. The van der Waals surface area contributed by atoms with Crippen LogP contribution in [0.3, 0.4) is 0 Å². The molecule has 0 fully saturated rings. The van der Waals surface area contributed by atoms with Gasteiger partial charge in [-0.1, -0.05) is 29.8 Å². The maximum atomic E-state index is 13.2. The van der Waals surface area contributed by atoms with E-state index in [1.807, 2.05) is 0 Å². The number of aryl methyl sites for hydroxylation is 1. The van der Waals surface area contributed by atoms with Gasteiger partial charge in [0.2, 0.25) is 5.78 Å². The molecule has 0 saturated carbocycles. The van der Waals surface area contributed by atoms with Gasteiger partial charge in [-0.2, -0.15) is 8.42 Å². The number of aromatic hydroxyl groups is 2. The number of carbonyl (C=O) groups is 1. The minimum Gasteiger partial charge on any atom is -0.507 e. The van der Waals surface area contributed by atoms with Crippen LogP contribution in [-0.4, -0.2) is 60.6 Å². The maximum Gasteiger partial charge on any atom is 0.339 e. The zero-order valence-corrected chi connectivity index (χ0v) is 24.7. The number of ether oxygens (including phenoxy) is 4. The third-order valence-corrected chi connectivity index (χ3v) is 8.77. The van der Waals surface area contributed by atoms with E-state index in [2.05, 4.69) is 0 Å². The lowest BCUT2D eigenvalue weighted by Crippen LogP contribution is -2.37. The number of hydrogen-bond donors (Lipinski definition) is 4. The highest BCUT2D eigenvalue weighted by molar-refractivity contribution is 7.87. The van der Waals surface area contributed by atoms with Crippen LogP contribution in [0.1, 0.15) is 39.3 Å². The summed E-state index contributed by atoms with van der Waals surface area (Å²) in [5, 5.41) is 41.5. The van der Waals surface area contributed by atoms with E-state index in [1.165, 1.54) is 43.5 Å². The molecule has 0 radical (unpaired) electrons. The summed E-state index contributed by atoms with van der Waals surface area (Å²) >= 11 is 0. The lowest BCUT2D eigenvalue weighted by molar-refractivity contribution is -0.0130. The number of ketones is 1. The van der Waals surface area contributed by atoms with E-state index in [-0.39, 0.29) is 45.0 Å². The number of phenolic OH excluding ortho intramolecular Hbond substituents is 2. The van der Waals surface area contributed by atoms with Gasteiger partial charge in [0.25, 0.3) is 0 Å². The fraction of sp³-hybridized carbons (Fsp3) is 0.219. The quantitative estimate of drug-likeness (QED) is 0.216.